The summed E-state index contributed by atoms with van der Waals surface area (Å²) in [5, 5.41) is 23.7. The number of nitrogens with zero attached hydrogens (tertiary/aromatic N) is 2. The summed E-state index contributed by atoms with van der Waals surface area (Å²) >= 11 is 15.3. The van der Waals surface area contributed by atoms with Crippen LogP contribution >= 0.6 is 46.7 Å². The number of anilines is 3. The van der Waals surface area contributed by atoms with Crippen molar-refractivity contribution in [2.45, 2.75) is 127 Å². The van der Waals surface area contributed by atoms with Crippen LogP contribution in [-0.2, 0) is 25.2 Å². The van der Waals surface area contributed by atoms with Crippen LogP contribution in [0.15, 0.2) is 88.3 Å². The van der Waals surface area contributed by atoms with E-state index in [4.69, 9.17) is 23.2 Å². The van der Waals surface area contributed by atoms with Crippen LogP contribution < -0.4 is 35.8 Å². The van der Waals surface area contributed by atoms with Crippen molar-refractivity contribution in [1.82, 2.24) is 4.58 Å². The number of allylic oxidation sites excluding steroid dienone is 2. The standard InChI is InChI=1S/C50H56Cl2N4O4S2/c1-27(2)55-29(5)49(7,8)37-23-35(39(25-41(37)55)53-43(57)19-21-61-33-15-11-31(51)12-16-33)45-47(59)46(48(45)60)36-24-38-42(56(28(3)4)30(6)50(38,9)10)26-40(36)54-44(58)20-22-62-34-17-13-32(52)14-18-34/h11-18,23-30H,19-22H2,1-10H3,(H2,53,54,57,58,59,60). The second kappa shape index (κ2) is 17.7. The maximum absolute atomic E-state index is 14.8. The summed E-state index contributed by atoms with van der Waals surface area (Å²) in [6, 6.07) is 23.3. The van der Waals surface area contributed by atoms with Crippen molar-refractivity contribution in [2.24, 2.45) is 0 Å². The van der Waals surface area contributed by atoms with Gasteiger partial charge in [0.2, 0.25) is 17.2 Å². The highest BCUT2D eigenvalue weighted by Gasteiger charge is 2.47. The summed E-state index contributed by atoms with van der Waals surface area (Å²) in [5.74, 6) is -0.210. The zero-order valence-electron chi connectivity index (χ0n) is 37.2. The zero-order chi connectivity index (χ0) is 45.0. The van der Waals surface area contributed by atoms with E-state index in [0.717, 1.165) is 32.0 Å². The summed E-state index contributed by atoms with van der Waals surface area (Å²) in [4.78, 5) is 46.5. The van der Waals surface area contributed by atoms with Crippen LogP contribution in [-0.4, -0.2) is 53.3 Å². The van der Waals surface area contributed by atoms with Gasteiger partial charge < -0.3 is 20.6 Å². The van der Waals surface area contributed by atoms with Crippen molar-refractivity contribution >= 4 is 92.5 Å². The number of carbonyl (C=O) groups is 3. The molecule has 0 spiro atoms. The molecule has 2 aliphatic heterocycles. The Hall–Kier alpha value is -4.22. The number of hydrogen-bond donors (Lipinski definition) is 2. The number of benzene rings is 4. The quantitative estimate of drug-likeness (QED) is 0.102. The van der Waals surface area contributed by atoms with Gasteiger partial charge in [0.1, 0.15) is 6.04 Å². The molecule has 0 fully saturated rings. The molecule has 62 heavy (non-hydrogen) atoms. The molecule has 4 aromatic carbocycles. The molecule has 326 valence electrons. The van der Waals surface area contributed by atoms with Gasteiger partial charge in [-0.25, -0.2) is 4.58 Å². The second-order valence-corrected chi connectivity index (χ2v) is 21.4. The number of nitrogens with one attached hydrogen (secondary N) is 2. The van der Waals surface area contributed by atoms with E-state index in [9.17, 15) is 19.5 Å². The van der Waals surface area contributed by atoms with Gasteiger partial charge in [0.25, 0.3) is 0 Å². The van der Waals surface area contributed by atoms with E-state index in [1.165, 1.54) is 0 Å². The molecule has 3 aliphatic rings. The third kappa shape index (κ3) is 8.57. The van der Waals surface area contributed by atoms with Crippen molar-refractivity contribution in [3.63, 3.8) is 0 Å². The fourth-order valence-corrected chi connectivity index (χ4v) is 11.1. The normalized spacial score (nSPS) is 19.5. The Kier molecular flexibility index (Phi) is 13.1. The van der Waals surface area contributed by atoms with E-state index in [-0.39, 0.29) is 70.8 Å². The van der Waals surface area contributed by atoms with Crippen LogP contribution in [0.2, 0.25) is 10.0 Å². The molecule has 2 amide bonds. The van der Waals surface area contributed by atoms with Crippen molar-refractivity contribution in [1.29, 1.82) is 0 Å². The molecule has 2 heterocycles. The first kappa shape index (κ1) is 45.8. The highest BCUT2D eigenvalue weighted by atomic mass is 35.5. The number of halogens is 2. The molecular formula is C50H56Cl2N4O4S2. The van der Waals surface area contributed by atoms with Crippen molar-refractivity contribution < 1.29 is 19.5 Å². The number of amides is 2. The maximum Gasteiger partial charge on any atom is 0.225 e. The highest BCUT2D eigenvalue weighted by molar-refractivity contribution is 7.99. The summed E-state index contributed by atoms with van der Waals surface area (Å²) in [7, 11) is 0. The van der Waals surface area contributed by atoms with E-state index in [0.29, 0.717) is 43.7 Å². The van der Waals surface area contributed by atoms with Crippen molar-refractivity contribution in [3.05, 3.63) is 116 Å². The van der Waals surface area contributed by atoms with Gasteiger partial charge in [-0.1, -0.05) is 42.8 Å². The Morgan fingerprint density at radius 2 is 1.29 bits per heavy atom. The summed E-state index contributed by atoms with van der Waals surface area (Å²) < 4.78 is 2.34. The van der Waals surface area contributed by atoms with Crippen LogP contribution in [0.4, 0.5) is 17.1 Å². The second-order valence-electron chi connectivity index (χ2n) is 18.2. The van der Waals surface area contributed by atoms with E-state index in [1.54, 1.807) is 23.5 Å². The molecule has 12 heteroatoms. The summed E-state index contributed by atoms with van der Waals surface area (Å²) in [6.07, 6.45) is 0.429. The minimum absolute atomic E-state index is 0.0358. The molecule has 7 rings (SSSR count). The number of Topliss-reactive ketones (excluding diaryl/α,β-unsaturated/α-hetero) is 1. The molecule has 2 unspecified atom stereocenters. The lowest BCUT2D eigenvalue weighted by atomic mass is 9.76. The first-order valence-electron chi connectivity index (χ1n) is 21.4. The number of hydrogen-bond acceptors (Lipinski definition) is 7. The highest BCUT2D eigenvalue weighted by Crippen LogP contribution is 2.50. The average Bonchev–Trinajstić information content (AvgIpc) is 3.52. The third-order valence-corrected chi connectivity index (χ3v) is 15.6. The van der Waals surface area contributed by atoms with Gasteiger partial charge >= 0.3 is 0 Å². The third-order valence-electron chi connectivity index (χ3n) is 13.1. The largest absolute Gasteiger partial charge is 0.871 e. The molecule has 4 aromatic rings. The van der Waals surface area contributed by atoms with Gasteiger partial charge in [-0.2, -0.15) is 0 Å². The Morgan fingerprint density at radius 3 is 1.79 bits per heavy atom. The Labute approximate surface area is 384 Å². The van der Waals surface area contributed by atoms with Gasteiger partial charge in [-0.05, 0) is 128 Å². The minimum atomic E-state index is -0.411. The van der Waals surface area contributed by atoms with Gasteiger partial charge in [0, 0.05) is 101 Å². The number of fused-ring (bicyclic) bond motifs is 2. The van der Waals surface area contributed by atoms with Crippen LogP contribution in [0.1, 0.15) is 98.8 Å². The van der Waals surface area contributed by atoms with Crippen LogP contribution in [0.25, 0.3) is 11.1 Å². The molecule has 8 nitrogen and oxygen atoms in total. The molecular weight excluding hydrogens is 856 g/mol. The topological polar surface area (TPSA) is 105 Å². The van der Waals surface area contributed by atoms with E-state index in [1.807, 2.05) is 72.8 Å². The maximum atomic E-state index is 14.8. The van der Waals surface area contributed by atoms with Crippen molar-refractivity contribution in [3.8, 4) is 0 Å². The van der Waals surface area contributed by atoms with Gasteiger partial charge in [-0.3, -0.25) is 14.4 Å². The first-order valence-corrected chi connectivity index (χ1v) is 24.1. The molecule has 2 atom stereocenters. The minimum Gasteiger partial charge on any atom is -0.871 e. The molecule has 0 bridgehead atoms. The molecule has 0 aromatic heterocycles. The van der Waals surface area contributed by atoms with Crippen LogP contribution in [0, 0.1) is 0 Å². The molecule has 2 N–H and O–H groups in total. The SMILES string of the molecule is CC(C)N1c2cc(NC(=O)CCSc3ccc(Cl)cc3)c(C3=C([O-])/C(=c4/cc5c(cc4NC(=O)CCSc4ccc(Cl)cc4)=[N+](C(C)C)C(C)C5(C)C)C3=O)cc2C(C)(C)C1C. The fourth-order valence-electron chi connectivity index (χ4n) is 9.16. The lowest BCUT2D eigenvalue weighted by Crippen LogP contribution is -2.42. The Bertz CT molecular complexity index is 2620. The van der Waals surface area contributed by atoms with E-state index < -0.39 is 11.5 Å². The molecule has 1 aliphatic carbocycles. The zero-order valence-corrected chi connectivity index (χ0v) is 40.3. The smallest absolute Gasteiger partial charge is 0.225 e. The Balaban J connectivity index is 1.31. The first-order chi connectivity index (χ1) is 29.2. The average molecular weight is 912 g/mol. The number of rotatable bonds is 13. The van der Waals surface area contributed by atoms with Crippen LogP contribution in [0.3, 0.4) is 0 Å². The molecule has 0 saturated carbocycles. The summed E-state index contributed by atoms with van der Waals surface area (Å²) in [5.41, 5.74) is 3.71. The predicted molar refractivity (Wildman–Crippen MR) is 257 cm³/mol. The van der Waals surface area contributed by atoms with Gasteiger partial charge in [0.05, 0.1) is 16.8 Å². The molecule has 0 saturated heterocycles. The number of thioether (sulfide) groups is 2. The Morgan fingerprint density at radius 1 is 0.758 bits per heavy atom. The van der Waals surface area contributed by atoms with Gasteiger partial charge in [0.15, 0.2) is 11.8 Å². The lowest BCUT2D eigenvalue weighted by molar-refractivity contribution is -0.292. The summed E-state index contributed by atoms with van der Waals surface area (Å²) in [6.45, 7) is 21.7. The van der Waals surface area contributed by atoms with Gasteiger partial charge in [-0.15, -0.1) is 23.5 Å². The van der Waals surface area contributed by atoms with Crippen LogP contribution in [0.5, 0.6) is 0 Å². The fraction of sp³-hybridized carbons (Fsp3) is 0.400. The number of carbonyl (C=O) groups excluding carboxylic acids is 3. The van der Waals surface area contributed by atoms with E-state index >= 15 is 0 Å². The van der Waals surface area contributed by atoms with E-state index in [2.05, 4.69) is 89.3 Å². The molecule has 0 radical (unpaired) electrons. The van der Waals surface area contributed by atoms with Crippen molar-refractivity contribution in [2.75, 3.05) is 27.0 Å². The number of ketones is 1. The predicted octanol–water partition coefficient (Wildman–Crippen LogP) is 9.21. The lowest BCUT2D eigenvalue weighted by Gasteiger charge is -2.34. The monoisotopic (exact) mass is 910 g/mol.